The minimum atomic E-state index is -0.0226. The van der Waals surface area contributed by atoms with Crippen molar-refractivity contribution in [2.24, 2.45) is 0 Å². The molecule has 0 atom stereocenters. The summed E-state index contributed by atoms with van der Waals surface area (Å²) in [6.45, 7) is -0.0226. The molecule has 20 heavy (non-hydrogen) atoms. The summed E-state index contributed by atoms with van der Waals surface area (Å²) < 4.78 is 5.20. The van der Waals surface area contributed by atoms with Crippen molar-refractivity contribution in [1.29, 1.82) is 0 Å². The minimum Gasteiger partial charge on any atom is -0.442 e. The van der Waals surface area contributed by atoms with Gasteiger partial charge in [0, 0.05) is 5.56 Å². The van der Waals surface area contributed by atoms with Gasteiger partial charge >= 0.3 is 0 Å². The van der Waals surface area contributed by atoms with E-state index in [0.717, 1.165) is 11.1 Å². The minimum absolute atomic E-state index is 0.0226. The fourth-order valence-corrected chi connectivity index (χ4v) is 1.88. The molecule has 6 heteroatoms. The normalized spacial score (nSPS) is 10.7. The molecule has 0 bridgehead atoms. The van der Waals surface area contributed by atoms with Gasteiger partial charge < -0.3 is 15.3 Å². The highest BCUT2D eigenvalue weighted by Gasteiger charge is 2.11. The fourth-order valence-electron chi connectivity index (χ4n) is 1.88. The summed E-state index contributed by atoms with van der Waals surface area (Å²) in [5.41, 5.74) is 8.58. The lowest BCUT2D eigenvalue weighted by Crippen LogP contribution is -1.98. The maximum atomic E-state index is 9.18. The standard InChI is InChI=1S/C14H12N4O2/c15-14-13(12-6-16-8-20-12)18-11(5-17-14)10-3-1-2-9(4-10)7-19/h1-6,8,19H,7H2,(H2,15,17). The molecule has 2 heterocycles. The Morgan fingerprint density at radius 3 is 2.90 bits per heavy atom. The molecule has 0 saturated heterocycles. The third kappa shape index (κ3) is 2.24. The maximum absolute atomic E-state index is 9.18. The van der Waals surface area contributed by atoms with Crippen molar-refractivity contribution in [1.82, 2.24) is 15.0 Å². The van der Waals surface area contributed by atoms with Gasteiger partial charge in [-0.1, -0.05) is 18.2 Å². The van der Waals surface area contributed by atoms with E-state index < -0.39 is 0 Å². The average Bonchev–Trinajstić information content (AvgIpc) is 3.02. The highest BCUT2D eigenvalue weighted by molar-refractivity contribution is 5.69. The summed E-state index contributed by atoms with van der Waals surface area (Å²) in [7, 11) is 0. The summed E-state index contributed by atoms with van der Waals surface area (Å²) >= 11 is 0. The van der Waals surface area contributed by atoms with Crippen LogP contribution in [0.4, 0.5) is 5.82 Å². The molecular weight excluding hydrogens is 256 g/mol. The Kier molecular flexibility index (Phi) is 3.14. The quantitative estimate of drug-likeness (QED) is 0.752. The number of rotatable bonds is 3. The molecule has 0 amide bonds. The molecule has 3 aromatic rings. The maximum Gasteiger partial charge on any atom is 0.181 e. The second kappa shape index (κ2) is 5.10. The van der Waals surface area contributed by atoms with Gasteiger partial charge in [0.2, 0.25) is 0 Å². The number of nitrogens with two attached hydrogens (primary N) is 1. The van der Waals surface area contributed by atoms with Gasteiger partial charge in [0.05, 0.1) is 24.7 Å². The Morgan fingerprint density at radius 1 is 1.25 bits per heavy atom. The van der Waals surface area contributed by atoms with Gasteiger partial charge in [-0.2, -0.15) is 0 Å². The van der Waals surface area contributed by atoms with Crippen molar-refractivity contribution < 1.29 is 9.52 Å². The zero-order chi connectivity index (χ0) is 13.9. The molecule has 0 aliphatic carbocycles. The number of nitrogens with zero attached hydrogens (tertiary/aromatic N) is 3. The van der Waals surface area contributed by atoms with Crippen LogP contribution >= 0.6 is 0 Å². The van der Waals surface area contributed by atoms with Gasteiger partial charge in [-0.25, -0.2) is 15.0 Å². The Hall–Kier alpha value is -2.73. The first-order chi connectivity index (χ1) is 9.78. The Balaban J connectivity index is 2.09. The van der Waals surface area contributed by atoms with Crippen molar-refractivity contribution in [3.63, 3.8) is 0 Å². The van der Waals surface area contributed by atoms with E-state index in [0.29, 0.717) is 17.1 Å². The lowest BCUT2D eigenvalue weighted by atomic mass is 10.1. The number of aliphatic hydroxyl groups excluding tert-OH is 1. The predicted octanol–water partition coefficient (Wildman–Crippen LogP) is 1.87. The van der Waals surface area contributed by atoms with Gasteiger partial charge in [-0.3, -0.25) is 0 Å². The van der Waals surface area contributed by atoms with E-state index in [2.05, 4.69) is 15.0 Å². The molecule has 0 aliphatic rings. The largest absolute Gasteiger partial charge is 0.442 e. The molecule has 0 fully saturated rings. The van der Waals surface area contributed by atoms with E-state index in [9.17, 15) is 5.11 Å². The molecule has 0 unspecified atom stereocenters. The molecule has 1 aromatic carbocycles. The molecule has 6 nitrogen and oxygen atoms in total. The summed E-state index contributed by atoms with van der Waals surface area (Å²) in [5, 5.41) is 9.18. The van der Waals surface area contributed by atoms with Crippen molar-refractivity contribution in [2.45, 2.75) is 6.61 Å². The number of hydrogen-bond donors (Lipinski definition) is 2. The second-order valence-electron chi connectivity index (χ2n) is 4.21. The molecule has 0 radical (unpaired) electrons. The molecule has 0 spiro atoms. The van der Waals surface area contributed by atoms with Crippen molar-refractivity contribution in [3.8, 4) is 22.7 Å². The monoisotopic (exact) mass is 268 g/mol. The molecule has 100 valence electrons. The molecule has 2 aromatic heterocycles. The summed E-state index contributed by atoms with van der Waals surface area (Å²) in [6, 6.07) is 7.44. The van der Waals surface area contributed by atoms with Crippen molar-refractivity contribution in [3.05, 3.63) is 48.6 Å². The Labute approximate surface area is 114 Å². The first kappa shape index (κ1) is 12.3. The topological polar surface area (TPSA) is 98.1 Å². The first-order valence-electron chi connectivity index (χ1n) is 5.99. The van der Waals surface area contributed by atoms with Crippen LogP contribution in [-0.2, 0) is 6.61 Å². The van der Waals surface area contributed by atoms with Crippen LogP contribution in [-0.4, -0.2) is 20.1 Å². The van der Waals surface area contributed by atoms with Crippen LogP contribution in [0.5, 0.6) is 0 Å². The summed E-state index contributed by atoms with van der Waals surface area (Å²) in [6.07, 6.45) is 4.44. The number of hydrogen-bond acceptors (Lipinski definition) is 6. The lowest BCUT2D eigenvalue weighted by Gasteiger charge is -2.06. The number of anilines is 1. The van der Waals surface area contributed by atoms with Crippen LogP contribution in [0.15, 0.2) is 47.5 Å². The van der Waals surface area contributed by atoms with Crippen LogP contribution in [0.3, 0.4) is 0 Å². The van der Waals surface area contributed by atoms with Crippen LogP contribution in [0.2, 0.25) is 0 Å². The van der Waals surface area contributed by atoms with E-state index in [1.807, 2.05) is 24.3 Å². The van der Waals surface area contributed by atoms with Crippen molar-refractivity contribution in [2.75, 3.05) is 5.73 Å². The molecular formula is C14H12N4O2. The molecule has 3 rings (SSSR count). The SMILES string of the molecule is Nc1ncc(-c2cccc(CO)c2)nc1-c1cnco1. The Morgan fingerprint density at radius 2 is 2.15 bits per heavy atom. The van der Waals surface area contributed by atoms with Crippen LogP contribution in [0.25, 0.3) is 22.7 Å². The van der Waals surface area contributed by atoms with E-state index in [1.54, 1.807) is 6.20 Å². The number of aliphatic hydroxyl groups is 1. The predicted molar refractivity (Wildman–Crippen MR) is 73.3 cm³/mol. The smallest absolute Gasteiger partial charge is 0.181 e. The highest BCUT2D eigenvalue weighted by atomic mass is 16.3. The van der Waals surface area contributed by atoms with Gasteiger partial charge in [-0.05, 0) is 11.6 Å². The summed E-state index contributed by atoms with van der Waals surface area (Å²) in [4.78, 5) is 12.4. The molecule has 0 aliphatic heterocycles. The lowest BCUT2D eigenvalue weighted by molar-refractivity contribution is 0.282. The zero-order valence-corrected chi connectivity index (χ0v) is 10.5. The molecule has 3 N–H and O–H groups in total. The highest BCUT2D eigenvalue weighted by Crippen LogP contribution is 2.25. The van der Waals surface area contributed by atoms with Gasteiger partial charge in [0.25, 0.3) is 0 Å². The third-order valence-electron chi connectivity index (χ3n) is 2.87. The average molecular weight is 268 g/mol. The summed E-state index contributed by atoms with van der Waals surface area (Å²) in [5.74, 6) is 0.749. The second-order valence-corrected chi connectivity index (χ2v) is 4.21. The van der Waals surface area contributed by atoms with Crippen molar-refractivity contribution >= 4 is 5.82 Å². The van der Waals surface area contributed by atoms with E-state index in [1.165, 1.54) is 12.6 Å². The van der Waals surface area contributed by atoms with E-state index in [4.69, 9.17) is 10.2 Å². The third-order valence-corrected chi connectivity index (χ3v) is 2.87. The van der Waals surface area contributed by atoms with Crippen LogP contribution in [0, 0.1) is 0 Å². The van der Waals surface area contributed by atoms with Gasteiger partial charge in [0.1, 0.15) is 0 Å². The fraction of sp³-hybridized carbons (Fsp3) is 0.0714. The van der Waals surface area contributed by atoms with E-state index >= 15 is 0 Å². The number of nitrogen functional groups attached to an aromatic ring is 1. The number of benzene rings is 1. The van der Waals surface area contributed by atoms with E-state index in [-0.39, 0.29) is 12.4 Å². The van der Waals surface area contributed by atoms with Crippen LogP contribution in [0.1, 0.15) is 5.56 Å². The van der Waals surface area contributed by atoms with Crippen LogP contribution < -0.4 is 5.73 Å². The molecule has 0 saturated carbocycles. The number of aromatic nitrogens is 3. The Bertz CT molecular complexity index is 726. The first-order valence-corrected chi connectivity index (χ1v) is 5.99. The number of oxazole rings is 1. The van der Waals surface area contributed by atoms with Gasteiger partial charge in [0.15, 0.2) is 23.7 Å². The van der Waals surface area contributed by atoms with Gasteiger partial charge in [-0.15, -0.1) is 0 Å². The zero-order valence-electron chi connectivity index (χ0n) is 10.5.